The minimum absolute atomic E-state index is 0. The van der Waals surface area contributed by atoms with E-state index in [1.54, 1.807) is 7.11 Å². The molecule has 1 atom stereocenters. The van der Waals surface area contributed by atoms with Gasteiger partial charge < -0.3 is 20.5 Å². The Morgan fingerprint density at radius 1 is 1.26 bits per heavy atom. The van der Waals surface area contributed by atoms with Crippen LogP contribution in [-0.4, -0.2) is 38.9 Å². The van der Waals surface area contributed by atoms with Gasteiger partial charge in [-0.05, 0) is 30.0 Å². The van der Waals surface area contributed by atoms with Crippen molar-refractivity contribution in [3.05, 3.63) is 29.8 Å². The molecule has 0 saturated carbocycles. The van der Waals surface area contributed by atoms with E-state index in [0.717, 1.165) is 5.75 Å². The first-order valence-electron chi connectivity index (χ1n) is 7.61. The van der Waals surface area contributed by atoms with E-state index < -0.39 is 0 Å². The summed E-state index contributed by atoms with van der Waals surface area (Å²) in [6, 6.07) is 8.32. The largest absolute Gasteiger partial charge is 0.492 e. The fourth-order valence-electron chi connectivity index (χ4n) is 1.97. The number of benzene rings is 1. The molecule has 0 aromatic heterocycles. The fraction of sp³-hybridized carbons (Fsp3) is 0.588. The maximum Gasteiger partial charge on any atom is 0.188 e. The third-order valence-corrected chi connectivity index (χ3v) is 3.17. The smallest absolute Gasteiger partial charge is 0.188 e. The van der Waals surface area contributed by atoms with Gasteiger partial charge in [-0.25, -0.2) is 4.99 Å². The summed E-state index contributed by atoms with van der Waals surface area (Å²) in [5.74, 6) is 1.26. The highest BCUT2D eigenvalue weighted by atomic mass is 127. The van der Waals surface area contributed by atoms with Crippen LogP contribution in [-0.2, 0) is 10.2 Å². The Hall–Kier alpha value is -1.02. The maximum absolute atomic E-state index is 5.78. The number of nitrogens with zero attached hydrogens (tertiary/aromatic N) is 1. The van der Waals surface area contributed by atoms with Crippen molar-refractivity contribution in [2.75, 3.05) is 26.9 Å². The minimum atomic E-state index is 0. The molecule has 1 rings (SSSR count). The van der Waals surface area contributed by atoms with Crippen LogP contribution in [0.15, 0.2) is 29.3 Å². The van der Waals surface area contributed by atoms with Crippen LogP contribution in [0.1, 0.15) is 33.3 Å². The molecule has 1 aromatic carbocycles. The first kappa shape index (κ1) is 22.0. The van der Waals surface area contributed by atoms with Crippen molar-refractivity contribution >= 4 is 29.9 Å². The Morgan fingerprint density at radius 2 is 1.87 bits per heavy atom. The van der Waals surface area contributed by atoms with Gasteiger partial charge in [0.25, 0.3) is 0 Å². The third kappa shape index (κ3) is 9.00. The third-order valence-electron chi connectivity index (χ3n) is 3.17. The van der Waals surface area contributed by atoms with E-state index in [1.165, 1.54) is 5.56 Å². The second kappa shape index (κ2) is 10.7. The van der Waals surface area contributed by atoms with Crippen LogP contribution >= 0.6 is 24.0 Å². The maximum atomic E-state index is 5.78. The van der Waals surface area contributed by atoms with Crippen LogP contribution < -0.4 is 15.8 Å². The van der Waals surface area contributed by atoms with Crippen molar-refractivity contribution in [2.24, 2.45) is 10.7 Å². The number of hydrogen-bond donors (Lipinski definition) is 2. The predicted octanol–water partition coefficient (Wildman–Crippen LogP) is 2.92. The molecule has 0 spiro atoms. The number of guanidine groups is 1. The van der Waals surface area contributed by atoms with Crippen LogP contribution in [0, 0.1) is 0 Å². The molecular weight excluding hydrogens is 405 g/mol. The van der Waals surface area contributed by atoms with Gasteiger partial charge in [0, 0.05) is 13.2 Å². The Balaban J connectivity index is 0.00000484. The lowest BCUT2D eigenvalue weighted by atomic mass is 9.87. The second-order valence-corrected chi connectivity index (χ2v) is 6.39. The summed E-state index contributed by atoms with van der Waals surface area (Å²) >= 11 is 0. The van der Waals surface area contributed by atoms with Crippen LogP contribution in [0.5, 0.6) is 5.75 Å². The lowest BCUT2D eigenvalue weighted by Crippen LogP contribution is -2.40. The standard InChI is InChI=1S/C17H29N3O2.HI/c1-13(12-21-5)20-16(18)19-10-11-22-15-8-6-14(7-9-15)17(2,3)4;/h6-9,13H,10-12H2,1-5H3,(H3,18,19,20);1H. The molecule has 23 heavy (non-hydrogen) atoms. The Morgan fingerprint density at radius 3 is 2.39 bits per heavy atom. The number of aliphatic imine (C=N–C) groups is 1. The first-order valence-corrected chi connectivity index (χ1v) is 7.61. The highest BCUT2D eigenvalue weighted by Crippen LogP contribution is 2.24. The summed E-state index contributed by atoms with van der Waals surface area (Å²) in [5, 5.41) is 3.05. The average molecular weight is 435 g/mol. The van der Waals surface area contributed by atoms with Gasteiger partial charge in [0.1, 0.15) is 12.4 Å². The summed E-state index contributed by atoms with van der Waals surface area (Å²) in [5.41, 5.74) is 7.22. The molecule has 1 unspecified atom stereocenters. The molecule has 1 aromatic rings. The zero-order chi connectivity index (χ0) is 16.6. The van der Waals surface area contributed by atoms with Gasteiger partial charge in [-0.2, -0.15) is 0 Å². The number of hydrogen-bond acceptors (Lipinski definition) is 3. The van der Waals surface area contributed by atoms with E-state index in [0.29, 0.717) is 25.7 Å². The van der Waals surface area contributed by atoms with Crippen LogP contribution in [0.2, 0.25) is 0 Å². The van der Waals surface area contributed by atoms with Crippen molar-refractivity contribution in [3.8, 4) is 5.75 Å². The quantitative estimate of drug-likeness (QED) is 0.299. The first-order chi connectivity index (χ1) is 10.3. The highest BCUT2D eigenvalue weighted by Gasteiger charge is 2.12. The Kier molecular flexibility index (Phi) is 10.2. The number of halogens is 1. The van der Waals surface area contributed by atoms with E-state index >= 15 is 0 Å². The molecule has 0 bridgehead atoms. The molecule has 0 aliphatic carbocycles. The Labute approximate surface area is 157 Å². The summed E-state index contributed by atoms with van der Waals surface area (Å²) < 4.78 is 10.7. The molecule has 0 fully saturated rings. The van der Waals surface area contributed by atoms with Gasteiger partial charge in [-0.15, -0.1) is 24.0 Å². The number of rotatable bonds is 7. The van der Waals surface area contributed by atoms with E-state index in [1.807, 2.05) is 19.1 Å². The van der Waals surface area contributed by atoms with E-state index in [-0.39, 0.29) is 35.4 Å². The van der Waals surface area contributed by atoms with E-state index in [2.05, 4.69) is 43.2 Å². The van der Waals surface area contributed by atoms with Gasteiger partial charge >= 0.3 is 0 Å². The molecule has 0 heterocycles. The summed E-state index contributed by atoms with van der Waals surface area (Å²) in [6.45, 7) is 10.2. The number of nitrogens with one attached hydrogen (secondary N) is 1. The summed E-state index contributed by atoms with van der Waals surface area (Å²) in [7, 11) is 1.66. The molecule has 132 valence electrons. The highest BCUT2D eigenvalue weighted by molar-refractivity contribution is 14.0. The molecular formula is C17H30IN3O2. The zero-order valence-corrected chi connectivity index (χ0v) is 17.1. The molecule has 0 saturated heterocycles. The lowest BCUT2D eigenvalue weighted by Gasteiger charge is -2.19. The van der Waals surface area contributed by atoms with Crippen molar-refractivity contribution in [3.63, 3.8) is 0 Å². The van der Waals surface area contributed by atoms with Gasteiger partial charge in [-0.3, -0.25) is 0 Å². The second-order valence-electron chi connectivity index (χ2n) is 6.39. The van der Waals surface area contributed by atoms with Gasteiger partial charge in [-0.1, -0.05) is 32.9 Å². The van der Waals surface area contributed by atoms with Crippen molar-refractivity contribution < 1.29 is 9.47 Å². The van der Waals surface area contributed by atoms with Crippen LogP contribution in [0.3, 0.4) is 0 Å². The predicted molar refractivity (Wildman–Crippen MR) is 107 cm³/mol. The normalized spacial score (nSPS) is 13.2. The molecule has 6 heteroatoms. The molecule has 0 aliphatic rings. The fourth-order valence-corrected chi connectivity index (χ4v) is 1.97. The summed E-state index contributed by atoms with van der Waals surface area (Å²) in [4.78, 5) is 4.22. The monoisotopic (exact) mass is 435 g/mol. The van der Waals surface area contributed by atoms with Crippen molar-refractivity contribution in [1.29, 1.82) is 0 Å². The summed E-state index contributed by atoms with van der Waals surface area (Å²) in [6.07, 6.45) is 0. The van der Waals surface area contributed by atoms with E-state index in [4.69, 9.17) is 15.2 Å². The van der Waals surface area contributed by atoms with E-state index in [9.17, 15) is 0 Å². The SMILES string of the molecule is COCC(C)NC(N)=NCCOc1ccc(C(C)(C)C)cc1.I. The topological polar surface area (TPSA) is 68.9 Å². The number of methoxy groups -OCH3 is 1. The van der Waals surface area contributed by atoms with Gasteiger partial charge in [0.2, 0.25) is 0 Å². The Bertz CT molecular complexity index is 470. The van der Waals surface area contributed by atoms with Gasteiger partial charge in [0.05, 0.1) is 13.2 Å². The molecule has 5 nitrogen and oxygen atoms in total. The van der Waals surface area contributed by atoms with Crippen molar-refractivity contribution in [2.45, 2.75) is 39.2 Å². The zero-order valence-electron chi connectivity index (χ0n) is 14.8. The van der Waals surface area contributed by atoms with Crippen LogP contribution in [0.25, 0.3) is 0 Å². The van der Waals surface area contributed by atoms with Crippen molar-refractivity contribution in [1.82, 2.24) is 5.32 Å². The lowest BCUT2D eigenvalue weighted by molar-refractivity contribution is 0.179. The minimum Gasteiger partial charge on any atom is -0.492 e. The number of nitrogens with two attached hydrogens (primary N) is 1. The molecule has 3 N–H and O–H groups in total. The number of ether oxygens (including phenoxy) is 2. The molecule has 0 radical (unpaired) electrons. The average Bonchev–Trinajstić information content (AvgIpc) is 2.43. The molecule has 0 aliphatic heterocycles. The van der Waals surface area contributed by atoms with Crippen LogP contribution in [0.4, 0.5) is 0 Å². The van der Waals surface area contributed by atoms with Gasteiger partial charge in [0.15, 0.2) is 5.96 Å². The molecule has 0 amide bonds.